The molecule has 3 aliphatic rings. The third-order valence-electron chi connectivity index (χ3n) is 5.41. The molecule has 7 heteroatoms. The van der Waals surface area contributed by atoms with Gasteiger partial charge in [0.1, 0.15) is 5.75 Å². The van der Waals surface area contributed by atoms with Crippen molar-refractivity contribution in [1.82, 2.24) is 9.80 Å². The van der Waals surface area contributed by atoms with Gasteiger partial charge in [0.25, 0.3) is 11.8 Å². The highest BCUT2D eigenvalue weighted by molar-refractivity contribution is 5.99. The summed E-state index contributed by atoms with van der Waals surface area (Å²) in [5, 5.41) is 2.75. The van der Waals surface area contributed by atoms with Crippen molar-refractivity contribution in [2.24, 2.45) is 0 Å². The van der Waals surface area contributed by atoms with E-state index in [4.69, 9.17) is 9.47 Å². The van der Waals surface area contributed by atoms with Gasteiger partial charge in [-0.25, -0.2) is 0 Å². The molecule has 3 heterocycles. The first-order chi connectivity index (χ1) is 13.2. The van der Waals surface area contributed by atoms with E-state index < -0.39 is 0 Å². The van der Waals surface area contributed by atoms with Crippen LogP contribution in [0.1, 0.15) is 36.0 Å². The Hall–Kier alpha value is -2.12. The van der Waals surface area contributed by atoms with Crippen LogP contribution < -0.4 is 10.1 Å². The Labute approximate surface area is 159 Å². The van der Waals surface area contributed by atoms with Crippen LogP contribution in [0.2, 0.25) is 0 Å². The summed E-state index contributed by atoms with van der Waals surface area (Å²) in [6, 6.07) is 5.21. The lowest BCUT2D eigenvalue weighted by molar-refractivity contribution is -0.118. The molecule has 1 aromatic rings. The van der Waals surface area contributed by atoms with Crippen LogP contribution in [-0.4, -0.2) is 73.7 Å². The summed E-state index contributed by atoms with van der Waals surface area (Å²) in [4.78, 5) is 28.8. The lowest BCUT2D eigenvalue weighted by atomic mass is 10.1. The molecule has 2 fully saturated rings. The molecule has 1 N–H and O–H groups in total. The number of likely N-dealkylation sites (tertiary alicyclic amines) is 1. The van der Waals surface area contributed by atoms with Crippen molar-refractivity contribution in [3.8, 4) is 5.75 Å². The normalized spacial score (nSPS) is 23.8. The Bertz CT molecular complexity index is 702. The highest BCUT2D eigenvalue weighted by Gasteiger charge is 2.26. The first kappa shape index (κ1) is 18.3. The van der Waals surface area contributed by atoms with Crippen LogP contribution in [0.15, 0.2) is 18.2 Å². The van der Waals surface area contributed by atoms with Crippen molar-refractivity contribution in [3.05, 3.63) is 23.8 Å². The third-order valence-corrected chi connectivity index (χ3v) is 5.41. The van der Waals surface area contributed by atoms with Crippen LogP contribution >= 0.6 is 0 Å². The van der Waals surface area contributed by atoms with Crippen molar-refractivity contribution in [3.63, 3.8) is 0 Å². The van der Waals surface area contributed by atoms with E-state index in [-0.39, 0.29) is 24.5 Å². The molecule has 3 aliphatic heterocycles. The number of nitrogens with one attached hydrogen (secondary N) is 1. The molecular formula is C20H27N3O4. The fraction of sp³-hybridized carbons (Fsp3) is 0.600. The molecule has 27 heavy (non-hydrogen) atoms. The number of carbonyl (C=O) groups excluding carboxylic acids is 2. The van der Waals surface area contributed by atoms with Crippen molar-refractivity contribution in [1.29, 1.82) is 0 Å². The lowest BCUT2D eigenvalue weighted by Crippen LogP contribution is -2.43. The maximum atomic E-state index is 13.1. The van der Waals surface area contributed by atoms with E-state index in [9.17, 15) is 9.59 Å². The quantitative estimate of drug-likeness (QED) is 0.874. The molecule has 0 spiro atoms. The van der Waals surface area contributed by atoms with E-state index in [0.29, 0.717) is 36.7 Å². The smallest absolute Gasteiger partial charge is 0.262 e. The number of hydrogen-bond acceptors (Lipinski definition) is 5. The van der Waals surface area contributed by atoms with Crippen LogP contribution in [0, 0.1) is 0 Å². The highest BCUT2D eigenvalue weighted by atomic mass is 16.5. The Morgan fingerprint density at radius 2 is 2.00 bits per heavy atom. The van der Waals surface area contributed by atoms with Crippen LogP contribution in [0.4, 0.5) is 5.69 Å². The molecular weight excluding hydrogens is 346 g/mol. The monoisotopic (exact) mass is 373 g/mol. The van der Waals surface area contributed by atoms with Gasteiger partial charge in [-0.2, -0.15) is 0 Å². The van der Waals surface area contributed by atoms with Gasteiger partial charge < -0.3 is 24.6 Å². The second-order valence-corrected chi connectivity index (χ2v) is 7.51. The summed E-state index contributed by atoms with van der Waals surface area (Å²) in [6.45, 7) is 5.14. The van der Waals surface area contributed by atoms with Crippen LogP contribution in [0.5, 0.6) is 5.75 Å². The average molecular weight is 373 g/mol. The van der Waals surface area contributed by atoms with Crippen molar-refractivity contribution >= 4 is 17.5 Å². The summed E-state index contributed by atoms with van der Waals surface area (Å²) >= 11 is 0. The topological polar surface area (TPSA) is 71.1 Å². The standard InChI is InChI=1S/C20H27N3O4/c24-19-14-27-18-11-15(5-6-17(18)21-19)20(25)23-9-4-10-26-16(13-23)12-22-7-2-1-3-8-22/h5-6,11,16H,1-4,7-10,12-14H2,(H,21,24). The number of rotatable bonds is 3. The number of carbonyl (C=O) groups is 2. The molecule has 7 nitrogen and oxygen atoms in total. The molecule has 0 saturated carbocycles. The lowest BCUT2D eigenvalue weighted by Gasteiger charge is -2.31. The number of amides is 2. The Morgan fingerprint density at radius 1 is 1.15 bits per heavy atom. The number of ether oxygens (including phenoxy) is 2. The summed E-state index contributed by atoms with van der Waals surface area (Å²) in [5.74, 6) is 0.371. The highest BCUT2D eigenvalue weighted by Crippen LogP contribution is 2.29. The van der Waals surface area contributed by atoms with Gasteiger partial charge in [0, 0.05) is 31.8 Å². The van der Waals surface area contributed by atoms with Crippen LogP contribution in [0.25, 0.3) is 0 Å². The van der Waals surface area contributed by atoms with Crippen LogP contribution in [-0.2, 0) is 9.53 Å². The van der Waals surface area contributed by atoms with Gasteiger partial charge in [0.05, 0.1) is 11.8 Å². The average Bonchev–Trinajstić information content (AvgIpc) is 2.93. The molecule has 0 bridgehead atoms. The van der Waals surface area contributed by atoms with Gasteiger partial charge in [-0.1, -0.05) is 6.42 Å². The van der Waals surface area contributed by atoms with E-state index in [2.05, 4.69) is 10.2 Å². The van der Waals surface area contributed by atoms with Gasteiger partial charge in [0.2, 0.25) is 0 Å². The second kappa shape index (κ2) is 8.27. The SMILES string of the molecule is O=C1COc2cc(C(=O)N3CCCOC(CN4CCCCC4)C3)ccc2N1. The molecule has 0 radical (unpaired) electrons. The number of piperidine rings is 1. The molecule has 2 saturated heterocycles. The van der Waals surface area contributed by atoms with E-state index in [0.717, 1.165) is 26.1 Å². The summed E-state index contributed by atoms with van der Waals surface area (Å²) < 4.78 is 11.5. The summed E-state index contributed by atoms with van der Waals surface area (Å²) in [6.07, 6.45) is 4.72. The van der Waals surface area contributed by atoms with Gasteiger partial charge in [-0.3, -0.25) is 9.59 Å². The van der Waals surface area contributed by atoms with Gasteiger partial charge >= 0.3 is 0 Å². The molecule has 1 aromatic carbocycles. The number of benzene rings is 1. The van der Waals surface area contributed by atoms with Crippen molar-refractivity contribution in [2.75, 3.05) is 51.3 Å². The molecule has 1 atom stereocenters. The minimum Gasteiger partial charge on any atom is -0.482 e. The third kappa shape index (κ3) is 4.42. The molecule has 0 aromatic heterocycles. The Kier molecular flexibility index (Phi) is 5.59. The van der Waals surface area contributed by atoms with E-state index in [1.54, 1.807) is 18.2 Å². The van der Waals surface area contributed by atoms with Crippen molar-refractivity contribution < 1.29 is 19.1 Å². The van der Waals surface area contributed by atoms with E-state index >= 15 is 0 Å². The fourth-order valence-electron chi connectivity index (χ4n) is 4.01. The number of fused-ring (bicyclic) bond motifs is 1. The van der Waals surface area contributed by atoms with Crippen molar-refractivity contribution in [2.45, 2.75) is 31.8 Å². The molecule has 2 amide bonds. The summed E-state index contributed by atoms with van der Waals surface area (Å²) in [7, 11) is 0. The van der Waals surface area contributed by atoms with E-state index in [1.807, 2.05) is 4.90 Å². The minimum atomic E-state index is -0.174. The number of nitrogens with zero attached hydrogens (tertiary/aromatic N) is 2. The van der Waals surface area contributed by atoms with E-state index in [1.165, 1.54) is 19.3 Å². The molecule has 4 rings (SSSR count). The number of anilines is 1. The van der Waals surface area contributed by atoms with Gasteiger partial charge in [-0.05, 0) is 50.6 Å². The second-order valence-electron chi connectivity index (χ2n) is 7.51. The maximum Gasteiger partial charge on any atom is 0.262 e. The number of hydrogen-bond donors (Lipinski definition) is 1. The Balaban J connectivity index is 1.43. The zero-order valence-corrected chi connectivity index (χ0v) is 15.6. The summed E-state index contributed by atoms with van der Waals surface area (Å²) in [5.41, 5.74) is 1.20. The fourth-order valence-corrected chi connectivity index (χ4v) is 4.01. The largest absolute Gasteiger partial charge is 0.482 e. The first-order valence-corrected chi connectivity index (χ1v) is 9.89. The molecule has 1 unspecified atom stereocenters. The Morgan fingerprint density at radius 3 is 2.85 bits per heavy atom. The van der Waals surface area contributed by atoms with Gasteiger partial charge in [0.15, 0.2) is 6.61 Å². The van der Waals surface area contributed by atoms with Gasteiger partial charge in [-0.15, -0.1) is 0 Å². The molecule has 146 valence electrons. The first-order valence-electron chi connectivity index (χ1n) is 9.89. The van der Waals surface area contributed by atoms with Crippen LogP contribution in [0.3, 0.4) is 0 Å². The maximum absolute atomic E-state index is 13.1. The molecule has 0 aliphatic carbocycles. The minimum absolute atomic E-state index is 0.00700. The predicted molar refractivity (Wildman–Crippen MR) is 101 cm³/mol. The predicted octanol–water partition coefficient (Wildman–Crippen LogP) is 1.73. The zero-order valence-electron chi connectivity index (χ0n) is 15.6. The zero-order chi connectivity index (χ0) is 18.6.